The van der Waals surface area contributed by atoms with E-state index in [0.717, 1.165) is 29.7 Å². The number of carbonyl (C=O) groups is 1. The molecule has 2 aliphatic heterocycles. The van der Waals surface area contributed by atoms with Gasteiger partial charge in [-0.05, 0) is 42.5 Å². The molecule has 28 heavy (non-hydrogen) atoms. The van der Waals surface area contributed by atoms with Gasteiger partial charge in [0.05, 0.1) is 5.52 Å². The number of hydrogen-bond acceptors (Lipinski definition) is 5. The largest absolute Gasteiger partial charge is 0.454 e. The highest BCUT2D eigenvalue weighted by atomic mass is 35.5. The van der Waals surface area contributed by atoms with Gasteiger partial charge in [0.1, 0.15) is 0 Å². The molecule has 0 spiro atoms. The molecule has 0 saturated carbocycles. The highest BCUT2D eigenvalue weighted by molar-refractivity contribution is 6.31. The van der Waals surface area contributed by atoms with Gasteiger partial charge in [0.2, 0.25) is 6.79 Å². The van der Waals surface area contributed by atoms with Gasteiger partial charge >= 0.3 is 0 Å². The van der Waals surface area contributed by atoms with Crippen LogP contribution in [0.4, 0.5) is 5.69 Å². The van der Waals surface area contributed by atoms with Gasteiger partial charge in [0, 0.05) is 54.0 Å². The standard InChI is InChI=1S/C21H18ClN3O3/c22-15-2-3-16-17(12-15)23-6-5-18(16)24-7-9-25(10-8-24)21(26)14-1-4-19-20(11-14)28-13-27-19/h1-6,11-12H,7-10,13H2. The summed E-state index contributed by atoms with van der Waals surface area (Å²) in [6.07, 6.45) is 1.80. The Morgan fingerprint density at radius 3 is 2.64 bits per heavy atom. The molecule has 1 aromatic heterocycles. The second-order valence-corrected chi connectivity index (χ2v) is 7.28. The van der Waals surface area contributed by atoms with Crippen molar-refractivity contribution in [1.29, 1.82) is 0 Å². The highest BCUT2D eigenvalue weighted by Crippen LogP contribution is 2.33. The van der Waals surface area contributed by atoms with Crippen LogP contribution in [-0.4, -0.2) is 48.8 Å². The Kier molecular flexibility index (Phi) is 4.20. The summed E-state index contributed by atoms with van der Waals surface area (Å²) in [6.45, 7) is 3.04. The van der Waals surface area contributed by atoms with E-state index in [9.17, 15) is 4.79 Å². The van der Waals surface area contributed by atoms with E-state index in [-0.39, 0.29) is 12.7 Å². The molecule has 1 saturated heterocycles. The second-order valence-electron chi connectivity index (χ2n) is 6.84. The number of pyridine rings is 1. The Morgan fingerprint density at radius 1 is 0.964 bits per heavy atom. The minimum Gasteiger partial charge on any atom is -0.454 e. The molecule has 0 atom stereocenters. The van der Waals surface area contributed by atoms with Crippen LogP contribution in [0.2, 0.25) is 5.02 Å². The normalized spacial score (nSPS) is 15.9. The van der Waals surface area contributed by atoms with Gasteiger partial charge in [-0.3, -0.25) is 9.78 Å². The van der Waals surface area contributed by atoms with Crippen LogP contribution in [0.3, 0.4) is 0 Å². The lowest BCUT2D eigenvalue weighted by molar-refractivity contribution is 0.0746. The summed E-state index contributed by atoms with van der Waals surface area (Å²) < 4.78 is 10.7. The fraction of sp³-hybridized carbons (Fsp3) is 0.238. The van der Waals surface area contributed by atoms with Crippen molar-refractivity contribution in [2.75, 3.05) is 37.9 Å². The third-order valence-electron chi connectivity index (χ3n) is 5.21. The van der Waals surface area contributed by atoms with E-state index in [1.165, 1.54) is 0 Å². The van der Waals surface area contributed by atoms with Gasteiger partial charge in [-0.25, -0.2) is 0 Å². The molecular formula is C21H18ClN3O3. The van der Waals surface area contributed by atoms with Gasteiger partial charge in [0.25, 0.3) is 5.91 Å². The van der Waals surface area contributed by atoms with Gasteiger partial charge in [0.15, 0.2) is 11.5 Å². The number of fused-ring (bicyclic) bond motifs is 2. The van der Waals surface area contributed by atoms with E-state index >= 15 is 0 Å². The van der Waals surface area contributed by atoms with E-state index in [4.69, 9.17) is 21.1 Å². The molecule has 3 aromatic rings. The molecule has 2 aromatic carbocycles. The number of carbonyl (C=O) groups excluding carboxylic acids is 1. The molecule has 6 nitrogen and oxygen atoms in total. The number of piperazine rings is 1. The van der Waals surface area contributed by atoms with E-state index in [2.05, 4.69) is 9.88 Å². The maximum Gasteiger partial charge on any atom is 0.254 e. The van der Waals surface area contributed by atoms with Crippen LogP contribution in [0.25, 0.3) is 10.9 Å². The zero-order valence-electron chi connectivity index (χ0n) is 15.1. The molecule has 3 heterocycles. The molecule has 0 N–H and O–H groups in total. The summed E-state index contributed by atoms with van der Waals surface area (Å²) >= 11 is 6.09. The molecule has 0 radical (unpaired) electrons. The molecule has 7 heteroatoms. The first-order valence-electron chi connectivity index (χ1n) is 9.17. The van der Waals surface area contributed by atoms with Crippen LogP contribution in [0.5, 0.6) is 11.5 Å². The number of hydrogen-bond donors (Lipinski definition) is 0. The van der Waals surface area contributed by atoms with Gasteiger partial charge < -0.3 is 19.3 Å². The Labute approximate surface area is 167 Å². The van der Waals surface area contributed by atoms with E-state index in [1.807, 2.05) is 29.2 Å². The third-order valence-corrected chi connectivity index (χ3v) is 5.44. The van der Waals surface area contributed by atoms with Crippen LogP contribution in [0, 0.1) is 0 Å². The Hall–Kier alpha value is -2.99. The zero-order chi connectivity index (χ0) is 19.1. The molecular weight excluding hydrogens is 378 g/mol. The summed E-state index contributed by atoms with van der Waals surface area (Å²) in [5, 5.41) is 1.75. The molecule has 0 aliphatic carbocycles. The minimum absolute atomic E-state index is 0.0179. The van der Waals surface area contributed by atoms with Gasteiger partial charge in [-0.2, -0.15) is 0 Å². The molecule has 5 rings (SSSR count). The number of ether oxygens (including phenoxy) is 2. The SMILES string of the molecule is O=C(c1ccc2c(c1)OCO2)N1CCN(c2ccnc3cc(Cl)ccc23)CC1. The Morgan fingerprint density at radius 2 is 1.79 bits per heavy atom. The molecule has 0 bridgehead atoms. The fourth-order valence-corrected chi connectivity index (χ4v) is 3.91. The quantitative estimate of drug-likeness (QED) is 0.663. The maximum atomic E-state index is 12.9. The van der Waals surface area contributed by atoms with Crippen molar-refractivity contribution in [2.45, 2.75) is 0 Å². The van der Waals surface area contributed by atoms with Crippen molar-refractivity contribution >= 4 is 34.1 Å². The smallest absolute Gasteiger partial charge is 0.254 e. The average Bonchev–Trinajstić information content (AvgIpc) is 3.20. The first-order valence-corrected chi connectivity index (χ1v) is 9.55. The number of anilines is 1. The summed E-state index contributed by atoms with van der Waals surface area (Å²) in [4.78, 5) is 21.5. The summed E-state index contributed by atoms with van der Waals surface area (Å²) in [5.41, 5.74) is 2.63. The van der Waals surface area contributed by atoms with E-state index in [0.29, 0.717) is 35.2 Å². The van der Waals surface area contributed by atoms with Crippen LogP contribution < -0.4 is 14.4 Å². The van der Waals surface area contributed by atoms with Crippen molar-refractivity contribution in [2.24, 2.45) is 0 Å². The number of benzene rings is 2. The first kappa shape index (κ1) is 17.1. The number of amides is 1. The number of aromatic nitrogens is 1. The van der Waals surface area contributed by atoms with E-state index < -0.39 is 0 Å². The summed E-state index contributed by atoms with van der Waals surface area (Å²) in [7, 11) is 0. The van der Waals surface area contributed by atoms with Crippen LogP contribution in [0.15, 0.2) is 48.7 Å². The lowest BCUT2D eigenvalue weighted by atomic mass is 10.1. The average molecular weight is 396 g/mol. The lowest BCUT2D eigenvalue weighted by Gasteiger charge is -2.36. The Balaban J connectivity index is 1.32. The monoisotopic (exact) mass is 395 g/mol. The van der Waals surface area contributed by atoms with Crippen LogP contribution in [-0.2, 0) is 0 Å². The highest BCUT2D eigenvalue weighted by Gasteiger charge is 2.25. The third kappa shape index (κ3) is 2.99. The van der Waals surface area contributed by atoms with Crippen LogP contribution in [0.1, 0.15) is 10.4 Å². The van der Waals surface area contributed by atoms with Crippen LogP contribution >= 0.6 is 11.6 Å². The number of halogens is 1. The maximum absolute atomic E-state index is 12.9. The first-order chi connectivity index (χ1) is 13.7. The fourth-order valence-electron chi connectivity index (χ4n) is 3.74. The van der Waals surface area contributed by atoms with Crippen molar-refractivity contribution in [3.63, 3.8) is 0 Å². The van der Waals surface area contributed by atoms with Crippen molar-refractivity contribution < 1.29 is 14.3 Å². The van der Waals surface area contributed by atoms with Gasteiger partial charge in [-0.15, -0.1) is 0 Å². The topological polar surface area (TPSA) is 54.9 Å². The second kappa shape index (κ2) is 6.87. The van der Waals surface area contributed by atoms with Crippen molar-refractivity contribution in [3.05, 3.63) is 59.2 Å². The summed E-state index contributed by atoms with van der Waals surface area (Å²) in [5.74, 6) is 1.33. The predicted octanol–water partition coefficient (Wildman–Crippen LogP) is 3.58. The Bertz CT molecular complexity index is 1060. The number of nitrogens with zero attached hydrogens (tertiary/aromatic N) is 3. The van der Waals surface area contributed by atoms with Crippen molar-refractivity contribution in [1.82, 2.24) is 9.88 Å². The predicted molar refractivity (Wildman–Crippen MR) is 107 cm³/mol. The van der Waals surface area contributed by atoms with Crippen molar-refractivity contribution in [3.8, 4) is 11.5 Å². The number of rotatable bonds is 2. The molecule has 142 valence electrons. The summed E-state index contributed by atoms with van der Waals surface area (Å²) in [6, 6.07) is 13.1. The minimum atomic E-state index is 0.0179. The van der Waals surface area contributed by atoms with Gasteiger partial charge in [-0.1, -0.05) is 11.6 Å². The molecule has 1 amide bonds. The molecule has 1 fully saturated rings. The lowest BCUT2D eigenvalue weighted by Crippen LogP contribution is -2.48. The zero-order valence-corrected chi connectivity index (χ0v) is 15.9. The van der Waals surface area contributed by atoms with E-state index in [1.54, 1.807) is 24.4 Å². The molecule has 0 unspecified atom stereocenters. The molecule has 2 aliphatic rings.